The molecule has 9 atom stereocenters. The number of aliphatic hydroxyl groups excluding tert-OH is 6. The molecule has 3 heterocycles. The number of hydrogen-bond donors (Lipinski definition) is 7. The van der Waals surface area contributed by atoms with Gasteiger partial charge in [0, 0.05) is 17.7 Å². The second kappa shape index (κ2) is 11.4. The summed E-state index contributed by atoms with van der Waals surface area (Å²) in [5.74, 6) is -0.801. The summed E-state index contributed by atoms with van der Waals surface area (Å²) in [4.78, 5) is 13.7. The average Bonchev–Trinajstić information content (AvgIpc) is 2.96. The van der Waals surface area contributed by atoms with E-state index in [9.17, 15) is 40.5 Å². The van der Waals surface area contributed by atoms with Crippen LogP contribution in [0, 0.1) is 0 Å². The lowest BCUT2D eigenvalue weighted by molar-refractivity contribution is -0.268. The van der Waals surface area contributed by atoms with E-state index in [2.05, 4.69) is 0 Å². The summed E-state index contributed by atoms with van der Waals surface area (Å²) >= 11 is 0. The van der Waals surface area contributed by atoms with Gasteiger partial charge in [-0.3, -0.25) is 4.79 Å². The van der Waals surface area contributed by atoms with Gasteiger partial charge in [-0.2, -0.15) is 0 Å². The van der Waals surface area contributed by atoms with E-state index in [-0.39, 0.29) is 29.1 Å². The van der Waals surface area contributed by atoms with E-state index < -0.39 is 72.2 Å². The Morgan fingerprint density at radius 2 is 1.51 bits per heavy atom. The first-order valence-electron chi connectivity index (χ1n) is 12.7. The van der Waals surface area contributed by atoms with Crippen molar-refractivity contribution in [2.45, 2.75) is 62.2 Å². The molecule has 14 heteroatoms. The zero-order valence-corrected chi connectivity index (χ0v) is 21.9. The number of hydrogen-bond acceptors (Lipinski definition) is 14. The van der Waals surface area contributed by atoms with Crippen molar-refractivity contribution in [3.63, 3.8) is 0 Å². The van der Waals surface area contributed by atoms with Crippen molar-refractivity contribution < 1.29 is 63.8 Å². The van der Waals surface area contributed by atoms with Crippen LogP contribution >= 0.6 is 0 Å². The maximum atomic E-state index is 13.7. The first-order valence-corrected chi connectivity index (χ1v) is 12.7. The van der Waals surface area contributed by atoms with E-state index in [1.165, 1.54) is 20.1 Å². The molecule has 0 amide bonds. The number of phenolic OH excluding ortho intramolecular Hbond substituents is 1. The van der Waals surface area contributed by atoms with Gasteiger partial charge in [0.05, 0.1) is 19.8 Å². The minimum absolute atomic E-state index is 0.0999. The third kappa shape index (κ3) is 5.43. The fourth-order valence-corrected chi connectivity index (χ4v) is 4.61. The normalized spacial score (nSPS) is 32.0. The summed E-state index contributed by atoms with van der Waals surface area (Å²) in [5, 5.41) is 71.0. The highest BCUT2D eigenvalue weighted by molar-refractivity contribution is 5.88. The van der Waals surface area contributed by atoms with Crippen molar-refractivity contribution in [3.05, 3.63) is 46.6 Å². The molecule has 14 nitrogen and oxygen atoms in total. The molecule has 0 saturated carbocycles. The van der Waals surface area contributed by atoms with Crippen LogP contribution in [-0.4, -0.2) is 105 Å². The molecule has 3 aromatic rings. The molecule has 1 aromatic heterocycles. The third-order valence-corrected chi connectivity index (χ3v) is 7.01. The Bertz CT molecular complexity index is 1440. The van der Waals surface area contributed by atoms with Gasteiger partial charge in [0.1, 0.15) is 64.8 Å². The Morgan fingerprint density at radius 1 is 0.829 bits per heavy atom. The number of aromatic hydroxyl groups is 1. The smallest absolute Gasteiger partial charge is 0.239 e. The number of methoxy groups -OCH3 is 1. The molecule has 2 saturated heterocycles. The third-order valence-electron chi connectivity index (χ3n) is 7.01. The largest absolute Gasteiger partial charge is 0.507 e. The van der Waals surface area contributed by atoms with Crippen molar-refractivity contribution in [1.29, 1.82) is 0 Å². The number of aliphatic hydroxyl groups is 6. The van der Waals surface area contributed by atoms with Crippen LogP contribution < -0.4 is 19.6 Å². The van der Waals surface area contributed by atoms with Crippen LogP contribution in [0.1, 0.15) is 6.92 Å². The average molecular weight is 579 g/mol. The molecule has 41 heavy (non-hydrogen) atoms. The Morgan fingerprint density at radius 3 is 2.20 bits per heavy atom. The Labute approximate surface area is 232 Å². The van der Waals surface area contributed by atoms with Crippen LogP contribution in [0.25, 0.3) is 22.3 Å². The second-order valence-corrected chi connectivity index (χ2v) is 9.80. The molecular weight excluding hydrogens is 548 g/mol. The maximum Gasteiger partial charge on any atom is 0.239 e. The minimum atomic E-state index is -1.74. The highest BCUT2D eigenvalue weighted by Gasteiger charge is 2.44. The molecule has 222 valence electrons. The lowest BCUT2D eigenvalue weighted by Crippen LogP contribution is -2.58. The van der Waals surface area contributed by atoms with Crippen LogP contribution in [-0.2, 0) is 9.47 Å². The maximum absolute atomic E-state index is 13.7. The summed E-state index contributed by atoms with van der Waals surface area (Å²) in [6.07, 6.45) is -13.2. The number of fused-ring (bicyclic) bond motifs is 1. The van der Waals surface area contributed by atoms with Crippen LogP contribution in [0.15, 0.2) is 45.6 Å². The highest BCUT2D eigenvalue weighted by Crippen LogP contribution is 2.38. The van der Waals surface area contributed by atoms with E-state index in [0.29, 0.717) is 11.3 Å². The zero-order valence-electron chi connectivity index (χ0n) is 21.9. The van der Waals surface area contributed by atoms with E-state index in [1.807, 2.05) is 0 Å². The summed E-state index contributed by atoms with van der Waals surface area (Å²) in [7, 11) is 1.47. The molecule has 9 unspecified atom stereocenters. The zero-order chi connectivity index (χ0) is 29.6. The summed E-state index contributed by atoms with van der Waals surface area (Å²) in [5.41, 5.74) is -0.701. The fraction of sp³-hybridized carbons (Fsp3) is 0.444. The van der Waals surface area contributed by atoms with Gasteiger partial charge in [0.15, 0.2) is 5.76 Å². The van der Waals surface area contributed by atoms with Crippen LogP contribution in [0.2, 0.25) is 0 Å². The number of ether oxygens (including phenoxy) is 5. The molecule has 2 aromatic carbocycles. The van der Waals surface area contributed by atoms with Crippen molar-refractivity contribution >= 4 is 11.0 Å². The first-order chi connectivity index (χ1) is 19.5. The molecule has 0 radical (unpaired) electrons. The van der Waals surface area contributed by atoms with Gasteiger partial charge in [-0.05, 0) is 31.2 Å². The van der Waals surface area contributed by atoms with Crippen molar-refractivity contribution in [2.24, 2.45) is 0 Å². The van der Waals surface area contributed by atoms with Gasteiger partial charge < -0.3 is 63.8 Å². The Hall–Kier alpha value is -3.47. The van der Waals surface area contributed by atoms with Gasteiger partial charge in [0.25, 0.3) is 0 Å². The molecule has 5 rings (SSSR count). The van der Waals surface area contributed by atoms with Gasteiger partial charge in [-0.15, -0.1) is 0 Å². The predicted molar refractivity (Wildman–Crippen MR) is 138 cm³/mol. The van der Waals surface area contributed by atoms with Crippen molar-refractivity contribution in [1.82, 2.24) is 0 Å². The predicted octanol–water partition coefficient (Wildman–Crippen LogP) is -0.802. The molecular formula is C27H30O14. The standard InChI is InChI=1S/C27H30O14/c1-10-18(30)21(33)23(35)27(38-10)41-25-20(32)17-14(28)7-13(39-26-22(34)19(31)15(29)9-37-26)8-16(17)40-24(25)11-3-5-12(36-2)6-4-11/h3-8,10,15,18-19,21-23,26-31,33-35H,9H2,1-2H3. The molecule has 0 aliphatic carbocycles. The molecule has 2 aliphatic rings. The van der Waals surface area contributed by atoms with E-state index in [0.717, 1.165) is 6.07 Å². The SMILES string of the molecule is COc1ccc(-c2oc3cc(OC4OCC(O)C(O)C4O)cc(O)c3c(=O)c2OC2OC(C)C(O)C(O)C2O)cc1. The van der Waals surface area contributed by atoms with Crippen molar-refractivity contribution in [2.75, 3.05) is 13.7 Å². The Kier molecular flexibility index (Phi) is 8.09. The molecule has 2 fully saturated rings. The van der Waals surface area contributed by atoms with Crippen LogP contribution in [0.5, 0.6) is 23.0 Å². The van der Waals surface area contributed by atoms with Gasteiger partial charge in [-0.1, -0.05) is 0 Å². The minimum Gasteiger partial charge on any atom is -0.507 e. The van der Waals surface area contributed by atoms with Gasteiger partial charge in [-0.25, -0.2) is 0 Å². The monoisotopic (exact) mass is 578 g/mol. The van der Waals surface area contributed by atoms with Crippen LogP contribution in [0.3, 0.4) is 0 Å². The molecule has 0 bridgehead atoms. The van der Waals surface area contributed by atoms with Crippen molar-refractivity contribution in [3.8, 4) is 34.3 Å². The molecule has 2 aliphatic heterocycles. The lowest BCUT2D eigenvalue weighted by Gasteiger charge is -2.38. The fourth-order valence-electron chi connectivity index (χ4n) is 4.61. The summed E-state index contributed by atoms with van der Waals surface area (Å²) in [6, 6.07) is 8.61. The molecule has 0 spiro atoms. The summed E-state index contributed by atoms with van der Waals surface area (Å²) < 4.78 is 33.3. The van der Waals surface area contributed by atoms with Gasteiger partial charge in [0.2, 0.25) is 23.8 Å². The molecule has 7 N–H and O–H groups in total. The highest BCUT2D eigenvalue weighted by atomic mass is 16.7. The number of phenols is 1. The quantitative estimate of drug-likeness (QED) is 0.191. The Balaban J connectivity index is 1.59. The van der Waals surface area contributed by atoms with Gasteiger partial charge >= 0.3 is 0 Å². The number of benzene rings is 2. The van der Waals surface area contributed by atoms with E-state index in [1.54, 1.807) is 24.3 Å². The van der Waals surface area contributed by atoms with Crippen LogP contribution in [0.4, 0.5) is 0 Å². The topological polar surface area (TPSA) is 218 Å². The first kappa shape index (κ1) is 29.0. The van der Waals surface area contributed by atoms with E-state index in [4.69, 9.17) is 28.1 Å². The van der Waals surface area contributed by atoms with E-state index >= 15 is 0 Å². The lowest BCUT2D eigenvalue weighted by atomic mass is 10.00. The number of rotatable bonds is 6. The second-order valence-electron chi connectivity index (χ2n) is 9.80. The summed E-state index contributed by atoms with van der Waals surface area (Å²) in [6.45, 7) is 1.13.